The first kappa shape index (κ1) is 14.7. The highest BCUT2D eigenvalue weighted by Crippen LogP contribution is 2.23. The Bertz CT molecular complexity index is 621. The number of imidazole rings is 1. The zero-order chi connectivity index (χ0) is 14.7. The highest BCUT2D eigenvalue weighted by atomic mass is 32.2. The topological polar surface area (TPSA) is 46.9 Å². The second kappa shape index (κ2) is 6.13. The predicted octanol–water partition coefficient (Wildman–Crippen LogP) is 3.16. The van der Waals surface area contributed by atoms with E-state index in [1.165, 1.54) is 11.8 Å². The number of carbonyl (C=O) groups is 1. The van der Waals surface area contributed by atoms with Gasteiger partial charge in [0.05, 0.1) is 5.25 Å². The van der Waals surface area contributed by atoms with Gasteiger partial charge in [0.2, 0.25) is 5.91 Å². The summed E-state index contributed by atoms with van der Waals surface area (Å²) in [6.45, 7) is 5.90. The van der Waals surface area contributed by atoms with Gasteiger partial charge in [-0.05, 0) is 38.0 Å². The van der Waals surface area contributed by atoms with Gasteiger partial charge in [-0.1, -0.05) is 23.9 Å². The number of thioether (sulfide) groups is 1. The number of hydrogen-bond donors (Lipinski definition) is 1. The Morgan fingerprint density at radius 1 is 1.40 bits per heavy atom. The Labute approximate surface area is 123 Å². The van der Waals surface area contributed by atoms with Crippen LogP contribution in [0.1, 0.15) is 18.1 Å². The molecule has 106 valence electrons. The van der Waals surface area contributed by atoms with Crippen LogP contribution in [0.4, 0.5) is 5.69 Å². The Hall–Kier alpha value is -1.75. The normalized spacial score (nSPS) is 12.2. The van der Waals surface area contributed by atoms with Gasteiger partial charge in [0.25, 0.3) is 0 Å². The van der Waals surface area contributed by atoms with Crippen molar-refractivity contribution in [2.24, 2.45) is 7.05 Å². The summed E-state index contributed by atoms with van der Waals surface area (Å²) in [7, 11) is 1.92. The van der Waals surface area contributed by atoms with Gasteiger partial charge in [-0.3, -0.25) is 4.79 Å². The van der Waals surface area contributed by atoms with E-state index in [0.29, 0.717) is 0 Å². The summed E-state index contributed by atoms with van der Waals surface area (Å²) in [5.74, 6) is -0.00769. The Kier molecular flexibility index (Phi) is 4.49. The number of rotatable bonds is 4. The number of anilines is 1. The summed E-state index contributed by atoms with van der Waals surface area (Å²) < 4.78 is 1.91. The molecule has 20 heavy (non-hydrogen) atoms. The molecule has 0 fully saturated rings. The quantitative estimate of drug-likeness (QED) is 0.880. The van der Waals surface area contributed by atoms with E-state index in [-0.39, 0.29) is 11.2 Å². The second-order valence-corrected chi connectivity index (χ2v) is 6.20. The van der Waals surface area contributed by atoms with Crippen molar-refractivity contribution >= 4 is 23.4 Å². The van der Waals surface area contributed by atoms with Crippen LogP contribution in [-0.2, 0) is 11.8 Å². The largest absolute Gasteiger partial charge is 0.329 e. The molecular formula is C15H19N3OS. The van der Waals surface area contributed by atoms with Gasteiger partial charge < -0.3 is 9.88 Å². The lowest BCUT2D eigenvalue weighted by Crippen LogP contribution is -2.23. The summed E-state index contributed by atoms with van der Waals surface area (Å²) in [4.78, 5) is 16.5. The highest BCUT2D eigenvalue weighted by Gasteiger charge is 2.17. The van der Waals surface area contributed by atoms with Crippen molar-refractivity contribution in [3.05, 3.63) is 41.7 Å². The van der Waals surface area contributed by atoms with E-state index < -0.39 is 0 Å². The maximum absolute atomic E-state index is 12.2. The van der Waals surface area contributed by atoms with Crippen molar-refractivity contribution < 1.29 is 4.79 Å². The molecule has 4 nitrogen and oxygen atoms in total. The smallest absolute Gasteiger partial charge is 0.237 e. The third-order valence-electron chi connectivity index (χ3n) is 3.08. The van der Waals surface area contributed by atoms with Crippen LogP contribution in [0.15, 0.2) is 35.7 Å². The molecule has 2 aromatic rings. The summed E-state index contributed by atoms with van der Waals surface area (Å²) >= 11 is 1.45. The molecule has 0 unspecified atom stereocenters. The molecule has 1 amide bonds. The number of aryl methyl sites for hydroxylation is 3. The van der Waals surface area contributed by atoms with Gasteiger partial charge in [-0.15, -0.1) is 0 Å². The van der Waals surface area contributed by atoms with Crippen molar-refractivity contribution in [1.29, 1.82) is 0 Å². The van der Waals surface area contributed by atoms with Crippen LogP contribution in [0.3, 0.4) is 0 Å². The Morgan fingerprint density at radius 2 is 2.15 bits per heavy atom. The van der Waals surface area contributed by atoms with Crippen molar-refractivity contribution in [3.8, 4) is 0 Å². The number of hydrogen-bond acceptors (Lipinski definition) is 3. The SMILES string of the molecule is Cc1ccc(C)c(NC(=O)[C@H](C)Sc2nccn2C)c1. The monoisotopic (exact) mass is 289 g/mol. The Balaban J connectivity index is 2.04. The van der Waals surface area contributed by atoms with Gasteiger partial charge >= 0.3 is 0 Å². The minimum atomic E-state index is -0.198. The van der Waals surface area contributed by atoms with Crippen LogP contribution in [0, 0.1) is 13.8 Å². The fourth-order valence-electron chi connectivity index (χ4n) is 1.78. The van der Waals surface area contributed by atoms with E-state index in [1.807, 2.05) is 56.8 Å². The third kappa shape index (κ3) is 3.42. The van der Waals surface area contributed by atoms with Crippen LogP contribution < -0.4 is 5.32 Å². The first-order valence-corrected chi connectivity index (χ1v) is 7.37. The molecule has 0 radical (unpaired) electrons. The lowest BCUT2D eigenvalue weighted by Gasteiger charge is -2.13. The lowest BCUT2D eigenvalue weighted by molar-refractivity contribution is -0.115. The zero-order valence-corrected chi connectivity index (χ0v) is 13.0. The molecule has 1 aromatic carbocycles. The molecule has 5 heteroatoms. The average Bonchev–Trinajstić information content (AvgIpc) is 2.79. The molecule has 1 aromatic heterocycles. The Morgan fingerprint density at radius 3 is 2.80 bits per heavy atom. The molecule has 0 aliphatic carbocycles. The number of amides is 1. The fraction of sp³-hybridized carbons (Fsp3) is 0.333. The number of benzene rings is 1. The van der Waals surface area contributed by atoms with Crippen molar-refractivity contribution in [1.82, 2.24) is 9.55 Å². The average molecular weight is 289 g/mol. The van der Waals surface area contributed by atoms with Crippen molar-refractivity contribution in [2.45, 2.75) is 31.2 Å². The van der Waals surface area contributed by atoms with Crippen LogP contribution in [0.5, 0.6) is 0 Å². The highest BCUT2D eigenvalue weighted by molar-refractivity contribution is 8.00. The molecule has 1 N–H and O–H groups in total. The molecule has 0 saturated heterocycles. The molecule has 0 aliphatic heterocycles. The van der Waals surface area contributed by atoms with Crippen LogP contribution in [-0.4, -0.2) is 20.7 Å². The van der Waals surface area contributed by atoms with Crippen LogP contribution in [0.25, 0.3) is 0 Å². The molecule has 0 bridgehead atoms. The standard InChI is InChI=1S/C15H19N3OS/c1-10-5-6-11(2)13(9-10)17-14(19)12(3)20-15-16-7-8-18(15)4/h5-9,12H,1-4H3,(H,17,19)/t12-/m0/s1. The molecular weight excluding hydrogens is 270 g/mol. The van der Waals surface area contributed by atoms with E-state index in [0.717, 1.165) is 22.0 Å². The van der Waals surface area contributed by atoms with Gasteiger partial charge in [0.1, 0.15) is 0 Å². The number of nitrogens with one attached hydrogen (secondary N) is 1. The molecule has 1 heterocycles. The van der Waals surface area contributed by atoms with E-state index in [9.17, 15) is 4.79 Å². The first-order valence-electron chi connectivity index (χ1n) is 6.49. The van der Waals surface area contributed by atoms with E-state index >= 15 is 0 Å². The van der Waals surface area contributed by atoms with E-state index in [4.69, 9.17) is 0 Å². The third-order valence-corrected chi connectivity index (χ3v) is 4.25. The van der Waals surface area contributed by atoms with Gasteiger partial charge in [-0.2, -0.15) is 0 Å². The number of aromatic nitrogens is 2. The first-order chi connectivity index (χ1) is 9.47. The van der Waals surface area contributed by atoms with Gasteiger partial charge in [0.15, 0.2) is 5.16 Å². The molecule has 1 atom stereocenters. The summed E-state index contributed by atoms with van der Waals surface area (Å²) in [6, 6.07) is 6.05. The summed E-state index contributed by atoms with van der Waals surface area (Å²) in [5.41, 5.74) is 3.08. The van der Waals surface area contributed by atoms with Crippen LogP contribution in [0.2, 0.25) is 0 Å². The maximum Gasteiger partial charge on any atom is 0.237 e. The number of carbonyl (C=O) groups excluding carboxylic acids is 1. The minimum Gasteiger partial charge on any atom is -0.329 e. The predicted molar refractivity (Wildman–Crippen MR) is 83.1 cm³/mol. The fourth-order valence-corrected chi connectivity index (χ4v) is 2.61. The maximum atomic E-state index is 12.2. The summed E-state index contributed by atoms with van der Waals surface area (Å²) in [6.07, 6.45) is 3.61. The van der Waals surface area contributed by atoms with Gasteiger partial charge in [0, 0.05) is 25.1 Å². The van der Waals surface area contributed by atoms with Crippen LogP contribution >= 0.6 is 11.8 Å². The molecule has 0 aliphatic rings. The minimum absolute atomic E-state index is 0.00769. The summed E-state index contributed by atoms with van der Waals surface area (Å²) in [5, 5.41) is 3.63. The molecule has 0 spiro atoms. The lowest BCUT2D eigenvalue weighted by atomic mass is 10.1. The van der Waals surface area contributed by atoms with Crippen molar-refractivity contribution in [3.63, 3.8) is 0 Å². The number of nitrogens with zero attached hydrogens (tertiary/aromatic N) is 2. The zero-order valence-electron chi connectivity index (χ0n) is 12.2. The van der Waals surface area contributed by atoms with Crippen molar-refractivity contribution in [2.75, 3.05) is 5.32 Å². The van der Waals surface area contributed by atoms with E-state index in [1.54, 1.807) is 6.20 Å². The van der Waals surface area contributed by atoms with Gasteiger partial charge in [-0.25, -0.2) is 4.98 Å². The second-order valence-electron chi connectivity index (χ2n) is 4.89. The van der Waals surface area contributed by atoms with E-state index in [2.05, 4.69) is 10.3 Å². The molecule has 0 saturated carbocycles. The molecule has 2 rings (SSSR count).